The minimum absolute atomic E-state index is 0.184. The number of likely N-dealkylation sites (N-methyl/N-ethyl adjacent to an activating group) is 1. The molecule has 2 N–H and O–H groups in total. The lowest BCUT2D eigenvalue weighted by atomic mass is 9.82. The number of piperazine rings is 1. The van der Waals surface area contributed by atoms with E-state index in [1.54, 1.807) is 11.0 Å². The van der Waals surface area contributed by atoms with Gasteiger partial charge in [-0.15, -0.1) is 0 Å². The molecule has 2 bridgehead atoms. The summed E-state index contributed by atoms with van der Waals surface area (Å²) in [5.41, 5.74) is 3.10. The van der Waals surface area contributed by atoms with Crippen molar-refractivity contribution in [3.8, 4) is 11.5 Å². The maximum absolute atomic E-state index is 14.2. The molecule has 2 aliphatic heterocycles. The number of halogens is 2. The lowest BCUT2D eigenvalue weighted by Gasteiger charge is -2.47. The minimum atomic E-state index is -1.01. The molecule has 0 saturated carbocycles. The molecule has 0 unspecified atom stereocenters. The molecule has 0 spiro atoms. The SMILES string of the molecule is CCN(Cc1ccccc1Cl)C(=O)C1=C(c2ccc(OCCOc3ccc(Br)cc3)cc2)C[C@@H]2CNC[C@H]1N2C(=O)O. The van der Waals surface area contributed by atoms with Gasteiger partial charge >= 0.3 is 6.09 Å². The van der Waals surface area contributed by atoms with E-state index in [0.29, 0.717) is 62.2 Å². The highest BCUT2D eigenvalue weighted by atomic mass is 79.9. The Hall–Kier alpha value is -3.53. The molecule has 5 rings (SSSR count). The number of carbonyl (C=O) groups excluding carboxylic acids is 1. The van der Waals surface area contributed by atoms with Gasteiger partial charge in [0.1, 0.15) is 24.7 Å². The largest absolute Gasteiger partial charge is 0.490 e. The molecule has 1 saturated heterocycles. The molecule has 220 valence electrons. The summed E-state index contributed by atoms with van der Waals surface area (Å²) in [6.07, 6.45) is -0.582. The second-order valence-electron chi connectivity index (χ2n) is 10.2. The molecule has 2 aliphatic rings. The van der Waals surface area contributed by atoms with Crippen LogP contribution in [0.15, 0.2) is 82.8 Å². The summed E-state index contributed by atoms with van der Waals surface area (Å²) in [6.45, 7) is 4.37. The molecule has 10 heteroatoms. The normalized spacial score (nSPS) is 18.0. The number of benzene rings is 3. The zero-order valence-electron chi connectivity index (χ0n) is 23.3. The average molecular weight is 655 g/mol. The van der Waals surface area contributed by atoms with Gasteiger partial charge in [0.05, 0.1) is 12.1 Å². The standard InChI is InChI=1S/C32H33BrClN3O5/c1-2-36(20-22-5-3-4-6-28(22)34)31(38)30-27(17-24-18-35-19-29(30)37(24)32(39)40)21-7-11-25(12-8-21)41-15-16-42-26-13-9-23(33)10-14-26/h3-14,24,29,35H,2,15-20H2,1H3,(H,39,40)/t24-,29-/m1/s1. The lowest BCUT2D eigenvalue weighted by molar-refractivity contribution is -0.128. The van der Waals surface area contributed by atoms with E-state index in [9.17, 15) is 14.7 Å². The third-order valence-corrected chi connectivity index (χ3v) is 8.52. The molecule has 3 aromatic rings. The van der Waals surface area contributed by atoms with Crippen LogP contribution in [0, 0.1) is 0 Å². The quantitative estimate of drug-likeness (QED) is 0.258. The summed E-state index contributed by atoms with van der Waals surface area (Å²) in [4.78, 5) is 29.7. The van der Waals surface area contributed by atoms with Crippen LogP contribution >= 0.6 is 27.5 Å². The first-order chi connectivity index (χ1) is 20.4. The number of ether oxygens (including phenoxy) is 2. The third-order valence-electron chi connectivity index (χ3n) is 7.62. The lowest BCUT2D eigenvalue weighted by Crippen LogP contribution is -2.63. The number of hydrogen-bond donors (Lipinski definition) is 2. The van der Waals surface area contributed by atoms with E-state index in [1.165, 1.54) is 4.90 Å². The zero-order chi connectivity index (χ0) is 29.6. The van der Waals surface area contributed by atoms with Gasteiger partial charge in [0.2, 0.25) is 0 Å². The molecule has 3 aromatic carbocycles. The van der Waals surface area contributed by atoms with Crippen LogP contribution in [0.25, 0.3) is 5.57 Å². The van der Waals surface area contributed by atoms with Gasteiger partial charge in [-0.2, -0.15) is 0 Å². The number of carboxylic acid groups (broad SMARTS) is 1. The van der Waals surface area contributed by atoms with E-state index >= 15 is 0 Å². The molecular weight excluding hydrogens is 622 g/mol. The second-order valence-corrected chi connectivity index (χ2v) is 11.5. The van der Waals surface area contributed by atoms with Crippen molar-refractivity contribution in [3.63, 3.8) is 0 Å². The highest BCUT2D eigenvalue weighted by molar-refractivity contribution is 9.10. The molecule has 0 aromatic heterocycles. The summed E-state index contributed by atoms with van der Waals surface area (Å²) in [5.74, 6) is 1.27. The maximum atomic E-state index is 14.2. The van der Waals surface area contributed by atoms with Crippen LogP contribution in [0.4, 0.5) is 4.79 Å². The van der Waals surface area contributed by atoms with Crippen LogP contribution in [-0.4, -0.2) is 71.8 Å². The molecule has 42 heavy (non-hydrogen) atoms. The average Bonchev–Trinajstić information content (AvgIpc) is 2.99. The number of amides is 2. The molecule has 0 radical (unpaired) electrons. The fraction of sp³-hybridized carbons (Fsp3) is 0.312. The first-order valence-electron chi connectivity index (χ1n) is 13.9. The van der Waals surface area contributed by atoms with Gasteiger partial charge in [-0.25, -0.2) is 4.79 Å². The number of nitrogens with zero attached hydrogens (tertiary/aromatic N) is 2. The Balaban J connectivity index is 1.38. The molecule has 2 amide bonds. The van der Waals surface area contributed by atoms with Crippen LogP contribution in [0.1, 0.15) is 24.5 Å². The van der Waals surface area contributed by atoms with Gasteiger partial charge in [0.25, 0.3) is 5.91 Å². The smallest absolute Gasteiger partial charge is 0.408 e. The van der Waals surface area contributed by atoms with Crippen molar-refractivity contribution >= 4 is 45.1 Å². The van der Waals surface area contributed by atoms with Crippen LogP contribution in [0.3, 0.4) is 0 Å². The zero-order valence-corrected chi connectivity index (χ0v) is 25.6. The molecule has 1 fully saturated rings. The number of nitrogens with one attached hydrogen (secondary N) is 1. The first kappa shape index (κ1) is 29.9. The van der Waals surface area contributed by atoms with Gasteiger partial charge in [0, 0.05) is 41.2 Å². The summed E-state index contributed by atoms with van der Waals surface area (Å²) >= 11 is 9.83. The van der Waals surface area contributed by atoms with Crippen molar-refractivity contribution < 1.29 is 24.2 Å². The van der Waals surface area contributed by atoms with E-state index in [-0.39, 0.29) is 11.9 Å². The number of rotatable bonds is 10. The van der Waals surface area contributed by atoms with Crippen LogP contribution in [-0.2, 0) is 11.3 Å². The number of hydrogen-bond acceptors (Lipinski definition) is 5. The number of fused-ring (bicyclic) bond motifs is 2. The summed E-state index contributed by atoms with van der Waals surface area (Å²) in [7, 11) is 0. The van der Waals surface area contributed by atoms with Crippen LogP contribution in [0.2, 0.25) is 5.02 Å². The Morgan fingerprint density at radius 2 is 1.64 bits per heavy atom. The fourth-order valence-electron chi connectivity index (χ4n) is 5.56. The summed E-state index contributed by atoms with van der Waals surface area (Å²) in [5, 5.41) is 14.0. The summed E-state index contributed by atoms with van der Waals surface area (Å²) in [6, 6.07) is 21.9. The van der Waals surface area contributed by atoms with Crippen molar-refractivity contribution in [1.29, 1.82) is 0 Å². The third kappa shape index (κ3) is 6.75. The van der Waals surface area contributed by atoms with Gasteiger partial charge in [-0.3, -0.25) is 9.69 Å². The minimum Gasteiger partial charge on any atom is -0.490 e. The van der Waals surface area contributed by atoms with E-state index in [2.05, 4.69) is 21.2 Å². The van der Waals surface area contributed by atoms with E-state index in [1.807, 2.05) is 73.7 Å². The van der Waals surface area contributed by atoms with Crippen molar-refractivity contribution in [1.82, 2.24) is 15.1 Å². The Kier molecular flexibility index (Phi) is 9.72. The van der Waals surface area contributed by atoms with Crippen molar-refractivity contribution in [3.05, 3.63) is 99.0 Å². The maximum Gasteiger partial charge on any atom is 0.408 e. The van der Waals surface area contributed by atoms with Crippen molar-refractivity contribution in [2.75, 3.05) is 32.8 Å². The van der Waals surface area contributed by atoms with Crippen molar-refractivity contribution in [2.45, 2.75) is 32.0 Å². The molecule has 0 aliphatic carbocycles. The Morgan fingerprint density at radius 1 is 1.00 bits per heavy atom. The number of carbonyl (C=O) groups is 2. The van der Waals surface area contributed by atoms with Crippen LogP contribution in [0.5, 0.6) is 11.5 Å². The van der Waals surface area contributed by atoms with Gasteiger partial charge in [-0.1, -0.05) is 57.9 Å². The van der Waals surface area contributed by atoms with Gasteiger partial charge in [0.15, 0.2) is 0 Å². The van der Waals surface area contributed by atoms with Gasteiger partial charge < -0.3 is 24.8 Å². The second kappa shape index (κ2) is 13.6. The highest BCUT2D eigenvalue weighted by Crippen LogP contribution is 2.38. The molecule has 2 atom stereocenters. The molecule has 8 nitrogen and oxygen atoms in total. The first-order valence-corrected chi connectivity index (χ1v) is 15.1. The van der Waals surface area contributed by atoms with Crippen LogP contribution < -0.4 is 14.8 Å². The van der Waals surface area contributed by atoms with E-state index in [4.69, 9.17) is 21.1 Å². The molecule has 2 heterocycles. The topological polar surface area (TPSA) is 91.3 Å². The molecular formula is C32H33BrClN3O5. The Morgan fingerprint density at radius 3 is 2.26 bits per heavy atom. The van der Waals surface area contributed by atoms with E-state index in [0.717, 1.165) is 26.9 Å². The Labute approximate surface area is 259 Å². The van der Waals surface area contributed by atoms with Gasteiger partial charge in [-0.05, 0) is 72.5 Å². The summed E-state index contributed by atoms with van der Waals surface area (Å²) < 4.78 is 12.6. The van der Waals surface area contributed by atoms with Crippen molar-refractivity contribution in [2.24, 2.45) is 0 Å². The monoisotopic (exact) mass is 653 g/mol. The fourth-order valence-corrected chi connectivity index (χ4v) is 6.02. The predicted octanol–water partition coefficient (Wildman–Crippen LogP) is 6.09. The Bertz CT molecular complexity index is 1450. The van der Waals surface area contributed by atoms with E-state index < -0.39 is 12.1 Å². The highest BCUT2D eigenvalue weighted by Gasteiger charge is 2.45. The predicted molar refractivity (Wildman–Crippen MR) is 166 cm³/mol.